The van der Waals surface area contributed by atoms with Crippen molar-refractivity contribution in [2.75, 3.05) is 6.54 Å². The third-order valence-corrected chi connectivity index (χ3v) is 9.74. The second-order valence-electron chi connectivity index (χ2n) is 14.5. The zero-order valence-electron chi connectivity index (χ0n) is 28.3. The minimum atomic E-state index is -1.34. The Balaban J connectivity index is 1.26. The van der Waals surface area contributed by atoms with Crippen LogP contribution in [-0.2, 0) is 19.1 Å². The second kappa shape index (κ2) is 14.0. The third kappa shape index (κ3) is 7.76. The summed E-state index contributed by atoms with van der Waals surface area (Å²) in [5, 5.41) is 29.0. The molecule has 49 heavy (non-hydrogen) atoms. The molecule has 0 radical (unpaired) electrons. The first kappa shape index (κ1) is 34.1. The largest absolute Gasteiger partial charge is 0.479 e. The van der Waals surface area contributed by atoms with Crippen LogP contribution in [-0.4, -0.2) is 83.9 Å². The van der Waals surface area contributed by atoms with E-state index in [1.54, 1.807) is 20.8 Å². The molecule has 3 amide bonds. The smallest absolute Gasteiger partial charge is 0.408 e. The van der Waals surface area contributed by atoms with E-state index in [9.17, 15) is 24.3 Å². The molecule has 2 aromatic carbocycles. The molecule has 0 spiro atoms. The van der Waals surface area contributed by atoms with E-state index in [4.69, 9.17) is 4.74 Å². The van der Waals surface area contributed by atoms with Crippen LogP contribution in [0.3, 0.4) is 0 Å². The summed E-state index contributed by atoms with van der Waals surface area (Å²) in [6, 6.07) is 15.4. The Morgan fingerprint density at radius 2 is 1.59 bits per heavy atom. The number of nitrogens with one attached hydrogen (secondary N) is 2. The normalized spacial score (nSPS) is 26.4. The molecule has 3 aliphatic rings. The van der Waals surface area contributed by atoms with Crippen LogP contribution in [0, 0.1) is 5.92 Å². The van der Waals surface area contributed by atoms with Crippen LogP contribution in [0.2, 0.25) is 0 Å². The van der Waals surface area contributed by atoms with Gasteiger partial charge >= 0.3 is 12.1 Å². The number of carbonyl (C=O) groups is 4. The maximum absolute atomic E-state index is 14.3. The number of hydrogen-bond acceptors (Lipinski definition) is 8. The molecule has 2 saturated heterocycles. The number of carbonyl (C=O) groups excluding carboxylic acids is 3. The van der Waals surface area contributed by atoms with Gasteiger partial charge < -0.3 is 25.4 Å². The van der Waals surface area contributed by atoms with Gasteiger partial charge in [0.25, 0.3) is 0 Å². The van der Waals surface area contributed by atoms with Gasteiger partial charge in [-0.3, -0.25) is 9.59 Å². The highest BCUT2D eigenvalue weighted by Crippen LogP contribution is 2.47. The highest BCUT2D eigenvalue weighted by Gasteiger charge is 2.62. The highest BCUT2D eigenvalue weighted by molar-refractivity contribution is 5.96. The number of hydrogen-bond donors (Lipinski definition) is 3. The molecular weight excluding hydrogens is 626 g/mol. The number of fused-ring (bicyclic) bond motifs is 2. The Labute approximate surface area is 285 Å². The third-order valence-electron chi connectivity index (χ3n) is 9.74. The fraction of sp³-hybridized carbons (Fsp3) is 0.528. The molecule has 2 aliphatic heterocycles. The molecule has 13 heteroatoms. The molecule has 1 aromatic heterocycles. The van der Waals surface area contributed by atoms with Crippen molar-refractivity contribution in [2.24, 2.45) is 5.92 Å². The van der Waals surface area contributed by atoms with Crippen molar-refractivity contribution in [1.82, 2.24) is 35.7 Å². The molecular formula is C36H45N7O6. The summed E-state index contributed by atoms with van der Waals surface area (Å²) >= 11 is 0. The molecule has 3 aromatic rings. The van der Waals surface area contributed by atoms with Gasteiger partial charge in [-0.2, -0.15) is 4.80 Å². The highest BCUT2D eigenvalue weighted by atomic mass is 16.6. The molecule has 6 rings (SSSR count). The standard InChI is InChI=1S/C36H45N7O6/c1-35(2,3)49-34(48)37-28-15-11-6-4-5-10-14-26-21-36(26,33(46)47)38-31(44)29-20-27(22-42(29)32(28)45)43-40-30(39-41-43)25-18-16-24(17-19-25)23-12-8-7-9-13-23/h7-9,12-13,16-19,26-29H,4-6,10-11,14-15,20-22H2,1-3H3,(H,37,48)(H,38,44)(H,46,47)/t26-,27-,28+,29-,36-/m0/s1. The number of carboxylic acids is 1. The van der Waals surface area contributed by atoms with Crippen LogP contribution in [0.15, 0.2) is 54.6 Å². The second-order valence-corrected chi connectivity index (χ2v) is 14.5. The lowest BCUT2D eigenvalue weighted by Crippen LogP contribution is -2.56. The predicted molar refractivity (Wildman–Crippen MR) is 180 cm³/mol. The number of aliphatic carboxylic acids is 1. The quantitative estimate of drug-likeness (QED) is 0.347. The number of alkyl carbamates (subject to hydrolysis) is 1. The molecule has 13 nitrogen and oxygen atoms in total. The van der Waals surface area contributed by atoms with Gasteiger partial charge in [-0.25, -0.2) is 9.59 Å². The Hall–Kier alpha value is -4.81. The number of amides is 3. The number of benzene rings is 2. The summed E-state index contributed by atoms with van der Waals surface area (Å²) in [4.78, 5) is 56.4. The van der Waals surface area contributed by atoms with Crippen LogP contribution in [0.5, 0.6) is 0 Å². The summed E-state index contributed by atoms with van der Waals surface area (Å²) in [6.45, 7) is 5.32. The maximum atomic E-state index is 14.3. The number of carboxylic acid groups (broad SMARTS) is 1. The lowest BCUT2D eigenvalue weighted by Gasteiger charge is -2.30. The van der Waals surface area contributed by atoms with E-state index < -0.39 is 53.1 Å². The van der Waals surface area contributed by atoms with E-state index in [1.165, 1.54) is 9.70 Å². The van der Waals surface area contributed by atoms with E-state index in [-0.39, 0.29) is 18.9 Å². The van der Waals surface area contributed by atoms with Crippen molar-refractivity contribution < 1.29 is 29.0 Å². The van der Waals surface area contributed by atoms with Crippen molar-refractivity contribution >= 4 is 23.9 Å². The predicted octanol–water partition coefficient (Wildman–Crippen LogP) is 4.75. The van der Waals surface area contributed by atoms with Crippen LogP contribution >= 0.6 is 0 Å². The molecule has 3 N–H and O–H groups in total. The number of tetrazole rings is 1. The first-order chi connectivity index (χ1) is 23.4. The SMILES string of the molecule is CC(C)(C)OC(=O)N[C@@H]1CCCCCCC[C@H]2C[C@]2(C(=O)O)NC(=O)[C@@H]2C[C@H](n3nnc(-c4ccc(-c5ccccc5)cc4)n3)CN2C1=O. The van der Waals surface area contributed by atoms with E-state index >= 15 is 0 Å². The summed E-state index contributed by atoms with van der Waals surface area (Å²) in [5.74, 6) is -1.79. The summed E-state index contributed by atoms with van der Waals surface area (Å²) in [6.07, 6.45) is 5.15. The van der Waals surface area contributed by atoms with Crippen LogP contribution in [0.25, 0.3) is 22.5 Å². The molecule has 0 bridgehead atoms. The minimum absolute atomic E-state index is 0.0790. The van der Waals surface area contributed by atoms with Gasteiger partial charge in [-0.05, 0) is 62.3 Å². The van der Waals surface area contributed by atoms with E-state index in [0.717, 1.165) is 42.4 Å². The molecule has 3 fully saturated rings. The zero-order valence-corrected chi connectivity index (χ0v) is 28.3. The van der Waals surface area contributed by atoms with E-state index in [0.29, 0.717) is 31.5 Å². The number of aromatic nitrogens is 4. The summed E-state index contributed by atoms with van der Waals surface area (Å²) in [7, 11) is 0. The first-order valence-electron chi connectivity index (χ1n) is 17.2. The average Bonchev–Trinajstić information content (AvgIpc) is 3.38. The topological polar surface area (TPSA) is 169 Å². The Morgan fingerprint density at radius 1 is 0.939 bits per heavy atom. The first-order valence-corrected chi connectivity index (χ1v) is 17.2. The molecule has 260 valence electrons. The molecule has 1 saturated carbocycles. The van der Waals surface area contributed by atoms with Crippen molar-refractivity contribution in [3.63, 3.8) is 0 Å². The lowest BCUT2D eigenvalue weighted by molar-refractivity contribution is -0.146. The molecule has 1 aliphatic carbocycles. The number of nitrogens with zero attached hydrogens (tertiary/aromatic N) is 5. The number of ether oxygens (including phenoxy) is 1. The van der Waals surface area contributed by atoms with Gasteiger partial charge in [0, 0.05) is 18.5 Å². The van der Waals surface area contributed by atoms with Crippen molar-refractivity contribution in [1.29, 1.82) is 0 Å². The van der Waals surface area contributed by atoms with E-state index in [1.807, 2.05) is 54.6 Å². The summed E-state index contributed by atoms with van der Waals surface area (Å²) < 4.78 is 5.48. The Bertz CT molecular complexity index is 1670. The van der Waals surface area contributed by atoms with Gasteiger partial charge in [-0.1, -0.05) is 86.7 Å². The monoisotopic (exact) mass is 671 g/mol. The van der Waals surface area contributed by atoms with Gasteiger partial charge in [-0.15, -0.1) is 10.2 Å². The van der Waals surface area contributed by atoms with E-state index in [2.05, 4.69) is 26.0 Å². The summed E-state index contributed by atoms with van der Waals surface area (Å²) in [5.41, 5.74) is 0.788. The van der Waals surface area contributed by atoms with Crippen molar-refractivity contribution in [3.05, 3.63) is 54.6 Å². The van der Waals surface area contributed by atoms with Crippen LogP contribution in [0.4, 0.5) is 4.79 Å². The molecule has 5 atom stereocenters. The number of rotatable bonds is 5. The minimum Gasteiger partial charge on any atom is -0.479 e. The van der Waals surface area contributed by atoms with Crippen LogP contribution in [0.1, 0.15) is 84.6 Å². The average molecular weight is 672 g/mol. The van der Waals surface area contributed by atoms with Gasteiger partial charge in [0.05, 0.1) is 6.04 Å². The van der Waals surface area contributed by atoms with Gasteiger partial charge in [0.1, 0.15) is 23.2 Å². The van der Waals surface area contributed by atoms with Crippen molar-refractivity contribution in [2.45, 2.75) is 108 Å². The Kier molecular flexibility index (Phi) is 9.71. The van der Waals surface area contributed by atoms with Crippen molar-refractivity contribution in [3.8, 4) is 22.5 Å². The fourth-order valence-corrected chi connectivity index (χ4v) is 7.04. The Morgan fingerprint density at radius 3 is 2.29 bits per heavy atom. The zero-order chi connectivity index (χ0) is 34.8. The maximum Gasteiger partial charge on any atom is 0.408 e. The molecule has 3 heterocycles. The van der Waals surface area contributed by atoms with Crippen LogP contribution < -0.4 is 10.6 Å². The fourth-order valence-electron chi connectivity index (χ4n) is 7.04. The van der Waals surface area contributed by atoms with Gasteiger partial charge in [0.2, 0.25) is 17.6 Å². The molecule has 0 unspecified atom stereocenters. The van der Waals surface area contributed by atoms with Gasteiger partial charge in [0.15, 0.2) is 0 Å². The lowest BCUT2D eigenvalue weighted by atomic mass is 10.0.